The molecule has 0 bridgehead atoms. The fraction of sp³-hybridized carbons (Fsp3) is 0.250. The van der Waals surface area contributed by atoms with Crippen LogP contribution in [0.4, 0.5) is 4.39 Å². The van der Waals surface area contributed by atoms with E-state index in [0.29, 0.717) is 0 Å². The van der Waals surface area contributed by atoms with E-state index in [2.05, 4.69) is 9.73 Å². The second kappa shape index (κ2) is 1.73. The Kier molecular flexibility index (Phi) is 1.06. The average molecular weight is 101 g/mol. The number of halogens is 1. The van der Waals surface area contributed by atoms with Gasteiger partial charge in [0.25, 0.3) is 0 Å². The molecule has 1 unspecified atom stereocenters. The van der Waals surface area contributed by atoms with Crippen LogP contribution in [-0.4, -0.2) is 12.7 Å². The van der Waals surface area contributed by atoms with Gasteiger partial charge in [0, 0.05) is 6.21 Å². The second-order valence-electron chi connectivity index (χ2n) is 1.05. The lowest BCUT2D eigenvalue weighted by Crippen LogP contribution is -2.00. The maximum Gasteiger partial charge on any atom is 0.337 e. The van der Waals surface area contributed by atoms with Gasteiger partial charge in [-0.25, -0.2) is 4.99 Å². The topological polar surface area (TPSA) is 21.6 Å². The molecule has 0 radical (unpaired) electrons. The summed E-state index contributed by atoms with van der Waals surface area (Å²) in [5.74, 6) is 0. The molecule has 0 spiro atoms. The van der Waals surface area contributed by atoms with Crippen LogP contribution >= 0.6 is 0 Å². The van der Waals surface area contributed by atoms with Crippen molar-refractivity contribution in [3.05, 3.63) is 12.3 Å². The number of aliphatic imine (C=N–C) groups is 1. The summed E-state index contributed by atoms with van der Waals surface area (Å²) in [6.07, 6.45) is 4.14. The van der Waals surface area contributed by atoms with Crippen LogP contribution in [0.5, 0.6) is 0 Å². The summed E-state index contributed by atoms with van der Waals surface area (Å²) in [6.45, 7) is -1.48. The van der Waals surface area contributed by atoms with Crippen molar-refractivity contribution >= 4 is 6.21 Å². The largest absolute Gasteiger partial charge is 0.450 e. The molecule has 0 saturated heterocycles. The maximum absolute atomic E-state index is 11.7. The van der Waals surface area contributed by atoms with Crippen LogP contribution in [0.15, 0.2) is 17.3 Å². The van der Waals surface area contributed by atoms with Gasteiger partial charge in [0.1, 0.15) is 0 Å². The molecule has 0 amide bonds. The summed E-state index contributed by atoms with van der Waals surface area (Å²) < 4.78 is 15.9. The molecule has 7 heavy (non-hydrogen) atoms. The number of allylic oxidation sites excluding steroid dienone is 1. The monoisotopic (exact) mass is 101 g/mol. The van der Waals surface area contributed by atoms with E-state index in [1.807, 2.05) is 0 Å². The Morgan fingerprint density at radius 2 is 2.57 bits per heavy atom. The molecule has 38 valence electrons. The molecular formula is C4H4FNO. The third-order valence-electron chi connectivity index (χ3n) is 0.559. The summed E-state index contributed by atoms with van der Waals surface area (Å²) in [6, 6.07) is 0. The zero-order valence-corrected chi connectivity index (χ0v) is 3.54. The third-order valence-corrected chi connectivity index (χ3v) is 0.559. The summed E-state index contributed by atoms with van der Waals surface area (Å²) >= 11 is 0. The first-order valence-electron chi connectivity index (χ1n) is 1.87. The molecule has 1 rings (SSSR count). The van der Waals surface area contributed by atoms with E-state index in [1.165, 1.54) is 18.6 Å². The van der Waals surface area contributed by atoms with Gasteiger partial charge in [-0.1, -0.05) is 0 Å². The van der Waals surface area contributed by atoms with Gasteiger partial charge >= 0.3 is 6.48 Å². The predicted molar refractivity (Wildman–Crippen MR) is 23.6 cm³/mol. The lowest BCUT2D eigenvalue weighted by atomic mass is 10.6. The Morgan fingerprint density at radius 1 is 1.71 bits per heavy atom. The van der Waals surface area contributed by atoms with Gasteiger partial charge in [0.2, 0.25) is 0 Å². The summed E-state index contributed by atoms with van der Waals surface area (Å²) in [7, 11) is 0. The van der Waals surface area contributed by atoms with Crippen molar-refractivity contribution in [3.8, 4) is 0 Å². The molecule has 0 aromatic carbocycles. The van der Waals surface area contributed by atoms with Crippen LogP contribution in [0.25, 0.3) is 0 Å². The van der Waals surface area contributed by atoms with Crippen LogP contribution < -0.4 is 0 Å². The van der Waals surface area contributed by atoms with Crippen molar-refractivity contribution < 1.29 is 9.13 Å². The number of hydrogen-bond acceptors (Lipinski definition) is 2. The molecule has 0 aliphatic carbocycles. The molecule has 3 heteroatoms. The minimum Gasteiger partial charge on any atom is -0.450 e. The smallest absolute Gasteiger partial charge is 0.337 e. The fourth-order valence-electron chi connectivity index (χ4n) is 0.298. The van der Waals surface area contributed by atoms with E-state index in [4.69, 9.17) is 0 Å². The Hall–Kier alpha value is -0.860. The highest BCUT2D eigenvalue weighted by atomic mass is 19.1. The summed E-state index contributed by atoms with van der Waals surface area (Å²) in [5, 5.41) is 0. The first kappa shape index (κ1) is 4.30. The quantitative estimate of drug-likeness (QED) is 0.414. The van der Waals surface area contributed by atoms with Crippen molar-refractivity contribution in [2.45, 2.75) is 6.48 Å². The van der Waals surface area contributed by atoms with Gasteiger partial charge in [-0.2, -0.15) is 4.39 Å². The minimum atomic E-state index is -1.48. The Bertz CT molecular complexity index is 110. The molecule has 1 heterocycles. The van der Waals surface area contributed by atoms with E-state index in [9.17, 15) is 4.39 Å². The molecule has 0 aromatic heterocycles. The first-order valence-corrected chi connectivity index (χ1v) is 1.87. The van der Waals surface area contributed by atoms with E-state index in [0.717, 1.165) is 0 Å². The van der Waals surface area contributed by atoms with Crippen molar-refractivity contribution in [3.63, 3.8) is 0 Å². The molecule has 0 saturated carbocycles. The molecule has 0 aromatic rings. The van der Waals surface area contributed by atoms with Crippen molar-refractivity contribution in [2.75, 3.05) is 0 Å². The molecular weight excluding hydrogens is 97.0 g/mol. The van der Waals surface area contributed by atoms with Crippen LogP contribution in [-0.2, 0) is 4.74 Å². The summed E-state index contributed by atoms with van der Waals surface area (Å²) in [5.41, 5.74) is 0. The van der Waals surface area contributed by atoms with E-state index in [1.54, 1.807) is 0 Å². The predicted octanol–water partition coefficient (Wildman–Crippen LogP) is 0.854. The van der Waals surface area contributed by atoms with Gasteiger partial charge in [-0.3, -0.25) is 0 Å². The van der Waals surface area contributed by atoms with Crippen LogP contribution in [0.1, 0.15) is 0 Å². The Morgan fingerprint density at radius 3 is 2.86 bits per heavy atom. The maximum atomic E-state index is 11.7. The lowest BCUT2D eigenvalue weighted by molar-refractivity contribution is 0.0314. The number of ether oxygens (including phenoxy) is 1. The lowest BCUT2D eigenvalue weighted by Gasteiger charge is -2.02. The molecule has 2 nitrogen and oxygen atoms in total. The second-order valence-corrected chi connectivity index (χ2v) is 1.05. The van der Waals surface area contributed by atoms with Gasteiger partial charge < -0.3 is 4.74 Å². The van der Waals surface area contributed by atoms with Gasteiger partial charge in [0.05, 0.1) is 6.26 Å². The SMILES string of the molecule is FC1N=CC=CO1. The molecule has 1 atom stereocenters. The van der Waals surface area contributed by atoms with Crippen molar-refractivity contribution in [1.82, 2.24) is 0 Å². The van der Waals surface area contributed by atoms with Crippen molar-refractivity contribution in [2.24, 2.45) is 4.99 Å². The Labute approximate surface area is 40.3 Å². The number of hydrogen-bond donors (Lipinski definition) is 0. The van der Waals surface area contributed by atoms with Gasteiger partial charge in [-0.05, 0) is 6.08 Å². The highest BCUT2D eigenvalue weighted by molar-refractivity contribution is 5.71. The van der Waals surface area contributed by atoms with E-state index < -0.39 is 6.48 Å². The Balaban J connectivity index is 2.49. The highest BCUT2D eigenvalue weighted by Crippen LogP contribution is 1.98. The zero-order valence-electron chi connectivity index (χ0n) is 3.54. The normalized spacial score (nSPS) is 27.3. The fourth-order valence-corrected chi connectivity index (χ4v) is 0.298. The number of rotatable bonds is 0. The highest BCUT2D eigenvalue weighted by Gasteiger charge is 1.98. The molecule has 0 fully saturated rings. The van der Waals surface area contributed by atoms with Gasteiger partial charge in [0.15, 0.2) is 0 Å². The molecule has 0 N–H and O–H groups in total. The molecule has 1 aliphatic heterocycles. The van der Waals surface area contributed by atoms with E-state index >= 15 is 0 Å². The summed E-state index contributed by atoms with van der Waals surface area (Å²) in [4.78, 5) is 3.23. The third kappa shape index (κ3) is 0.994. The van der Waals surface area contributed by atoms with E-state index in [-0.39, 0.29) is 0 Å². The molecule has 1 aliphatic rings. The number of alkyl halides is 1. The zero-order chi connectivity index (χ0) is 5.11. The van der Waals surface area contributed by atoms with Crippen LogP contribution in [0.3, 0.4) is 0 Å². The van der Waals surface area contributed by atoms with Crippen LogP contribution in [0.2, 0.25) is 0 Å². The minimum absolute atomic E-state index is 1.26. The average Bonchev–Trinajstić information content (AvgIpc) is 1.69. The standard InChI is InChI=1S/C4H4FNO/c5-4-6-2-1-3-7-4/h1-4H. The first-order chi connectivity index (χ1) is 3.39. The van der Waals surface area contributed by atoms with Gasteiger partial charge in [-0.15, -0.1) is 0 Å². The van der Waals surface area contributed by atoms with Crippen molar-refractivity contribution in [1.29, 1.82) is 0 Å². The number of nitrogens with zero attached hydrogens (tertiary/aromatic N) is 1. The van der Waals surface area contributed by atoms with Crippen LogP contribution in [0, 0.1) is 0 Å².